The standard InChI is InChI=1S/C10H15NO2/c1-4-6-7-9(5-2)10(13)11-8(3)12/h5-7H,4H2,1-3H3,(H,11,12,13)/b7-6+,9-5-. The van der Waals surface area contributed by atoms with Crippen molar-refractivity contribution in [1.29, 1.82) is 0 Å². The lowest BCUT2D eigenvalue weighted by Crippen LogP contribution is -2.28. The fourth-order valence-corrected chi connectivity index (χ4v) is 0.780. The van der Waals surface area contributed by atoms with Crippen LogP contribution in [-0.4, -0.2) is 11.8 Å². The van der Waals surface area contributed by atoms with E-state index in [0.29, 0.717) is 5.57 Å². The number of imide groups is 1. The Morgan fingerprint density at radius 2 is 2.00 bits per heavy atom. The first-order valence-corrected chi connectivity index (χ1v) is 4.26. The van der Waals surface area contributed by atoms with E-state index >= 15 is 0 Å². The number of hydrogen-bond donors (Lipinski definition) is 1. The van der Waals surface area contributed by atoms with E-state index < -0.39 is 0 Å². The van der Waals surface area contributed by atoms with Crippen LogP contribution in [0.1, 0.15) is 27.2 Å². The maximum Gasteiger partial charge on any atom is 0.257 e. The lowest BCUT2D eigenvalue weighted by atomic mass is 10.2. The summed E-state index contributed by atoms with van der Waals surface area (Å²) in [5.41, 5.74) is 0.511. The summed E-state index contributed by atoms with van der Waals surface area (Å²) < 4.78 is 0. The quantitative estimate of drug-likeness (QED) is 0.530. The van der Waals surface area contributed by atoms with Gasteiger partial charge in [0.25, 0.3) is 5.91 Å². The van der Waals surface area contributed by atoms with Crippen molar-refractivity contribution in [3.05, 3.63) is 23.8 Å². The zero-order valence-electron chi connectivity index (χ0n) is 8.26. The van der Waals surface area contributed by atoms with Gasteiger partial charge in [0, 0.05) is 12.5 Å². The van der Waals surface area contributed by atoms with Crippen molar-refractivity contribution in [2.24, 2.45) is 0 Å². The smallest absolute Gasteiger partial charge is 0.257 e. The summed E-state index contributed by atoms with van der Waals surface area (Å²) in [7, 11) is 0. The van der Waals surface area contributed by atoms with Gasteiger partial charge in [-0.25, -0.2) is 0 Å². The van der Waals surface area contributed by atoms with Crippen LogP contribution in [0.2, 0.25) is 0 Å². The van der Waals surface area contributed by atoms with Crippen molar-refractivity contribution in [3.63, 3.8) is 0 Å². The van der Waals surface area contributed by atoms with E-state index in [1.165, 1.54) is 6.92 Å². The van der Waals surface area contributed by atoms with Gasteiger partial charge in [0.1, 0.15) is 0 Å². The molecule has 0 rings (SSSR count). The first-order valence-electron chi connectivity index (χ1n) is 4.26. The zero-order chi connectivity index (χ0) is 10.3. The number of allylic oxidation sites excluding steroid dienone is 2. The minimum absolute atomic E-state index is 0.339. The molecule has 72 valence electrons. The van der Waals surface area contributed by atoms with E-state index in [-0.39, 0.29) is 11.8 Å². The van der Waals surface area contributed by atoms with Gasteiger partial charge in [-0.05, 0) is 13.3 Å². The molecular formula is C10H15NO2. The van der Waals surface area contributed by atoms with Gasteiger partial charge in [0.05, 0.1) is 0 Å². The second-order valence-electron chi connectivity index (χ2n) is 2.56. The molecule has 0 saturated heterocycles. The van der Waals surface area contributed by atoms with Gasteiger partial charge in [-0.15, -0.1) is 0 Å². The van der Waals surface area contributed by atoms with Gasteiger partial charge < -0.3 is 0 Å². The predicted octanol–water partition coefficient (Wildman–Crippen LogP) is 1.56. The lowest BCUT2D eigenvalue weighted by Gasteiger charge is -2.00. The third kappa shape index (κ3) is 4.95. The van der Waals surface area contributed by atoms with Crippen molar-refractivity contribution in [3.8, 4) is 0 Å². The Hall–Kier alpha value is -1.38. The molecule has 3 heteroatoms. The Kier molecular flexibility index (Phi) is 5.52. The summed E-state index contributed by atoms with van der Waals surface area (Å²) in [6.45, 7) is 5.05. The molecule has 13 heavy (non-hydrogen) atoms. The molecule has 0 aliphatic carbocycles. The van der Waals surface area contributed by atoms with Crippen molar-refractivity contribution in [1.82, 2.24) is 5.32 Å². The van der Waals surface area contributed by atoms with Crippen LogP contribution in [0.3, 0.4) is 0 Å². The average Bonchev–Trinajstić information content (AvgIpc) is 2.04. The number of amides is 2. The van der Waals surface area contributed by atoms with Gasteiger partial charge >= 0.3 is 0 Å². The highest BCUT2D eigenvalue weighted by Crippen LogP contribution is 1.97. The molecule has 3 nitrogen and oxygen atoms in total. The zero-order valence-corrected chi connectivity index (χ0v) is 8.26. The highest BCUT2D eigenvalue weighted by atomic mass is 16.2. The van der Waals surface area contributed by atoms with Crippen molar-refractivity contribution in [2.75, 3.05) is 0 Å². The molecule has 2 amide bonds. The van der Waals surface area contributed by atoms with Crippen molar-refractivity contribution < 1.29 is 9.59 Å². The molecule has 0 saturated carbocycles. The van der Waals surface area contributed by atoms with Gasteiger partial charge in [0.2, 0.25) is 5.91 Å². The number of nitrogens with one attached hydrogen (secondary N) is 1. The fourth-order valence-electron chi connectivity index (χ4n) is 0.780. The Morgan fingerprint density at radius 3 is 2.38 bits per heavy atom. The van der Waals surface area contributed by atoms with Crippen molar-refractivity contribution in [2.45, 2.75) is 27.2 Å². The van der Waals surface area contributed by atoms with Crippen LogP contribution in [0.25, 0.3) is 0 Å². The molecule has 0 aliphatic heterocycles. The first kappa shape index (κ1) is 11.6. The second-order valence-corrected chi connectivity index (χ2v) is 2.56. The van der Waals surface area contributed by atoms with Crippen LogP contribution in [0, 0.1) is 0 Å². The largest absolute Gasteiger partial charge is 0.293 e. The predicted molar refractivity (Wildman–Crippen MR) is 52.0 cm³/mol. The molecule has 0 atom stereocenters. The summed E-state index contributed by atoms with van der Waals surface area (Å²) in [5, 5.41) is 2.21. The topological polar surface area (TPSA) is 46.2 Å². The molecule has 0 aliphatic rings. The third-order valence-electron chi connectivity index (χ3n) is 1.40. The number of rotatable bonds is 3. The van der Waals surface area contributed by atoms with Crippen LogP contribution in [0.5, 0.6) is 0 Å². The van der Waals surface area contributed by atoms with E-state index in [1.807, 2.05) is 13.0 Å². The number of hydrogen-bond acceptors (Lipinski definition) is 2. The van der Waals surface area contributed by atoms with Gasteiger partial charge in [-0.1, -0.05) is 25.2 Å². The van der Waals surface area contributed by atoms with Crippen LogP contribution < -0.4 is 5.32 Å². The van der Waals surface area contributed by atoms with Crippen LogP contribution in [-0.2, 0) is 9.59 Å². The molecular weight excluding hydrogens is 166 g/mol. The van der Waals surface area contributed by atoms with Crippen LogP contribution in [0.4, 0.5) is 0 Å². The van der Waals surface area contributed by atoms with Crippen LogP contribution >= 0.6 is 0 Å². The molecule has 0 aromatic carbocycles. The first-order chi connectivity index (χ1) is 6.11. The maximum absolute atomic E-state index is 11.2. The van der Waals surface area contributed by atoms with E-state index in [0.717, 1.165) is 6.42 Å². The number of carbonyl (C=O) groups is 2. The second kappa shape index (κ2) is 6.17. The molecule has 1 N–H and O–H groups in total. The molecule has 0 heterocycles. The SMILES string of the molecule is C/C=C(/C=C/CC)C(=O)NC(C)=O. The average molecular weight is 181 g/mol. The monoisotopic (exact) mass is 181 g/mol. The van der Waals surface area contributed by atoms with Crippen LogP contribution in [0.15, 0.2) is 23.8 Å². The molecule has 0 fully saturated rings. The van der Waals surface area contributed by atoms with Gasteiger partial charge in [-0.2, -0.15) is 0 Å². The van der Waals surface area contributed by atoms with E-state index in [9.17, 15) is 9.59 Å². The summed E-state index contributed by atoms with van der Waals surface area (Å²) in [6.07, 6.45) is 6.11. The third-order valence-corrected chi connectivity index (χ3v) is 1.40. The molecule has 0 aromatic heterocycles. The van der Waals surface area contributed by atoms with E-state index in [2.05, 4.69) is 5.32 Å². The highest BCUT2D eigenvalue weighted by Gasteiger charge is 2.05. The molecule has 0 bridgehead atoms. The minimum atomic E-state index is -0.347. The maximum atomic E-state index is 11.2. The van der Waals surface area contributed by atoms with Crippen molar-refractivity contribution >= 4 is 11.8 Å². The lowest BCUT2D eigenvalue weighted by molar-refractivity contribution is -0.126. The summed E-state index contributed by atoms with van der Waals surface area (Å²) in [6, 6.07) is 0. The summed E-state index contributed by atoms with van der Waals surface area (Å²) >= 11 is 0. The van der Waals surface area contributed by atoms with E-state index in [4.69, 9.17) is 0 Å². The molecule has 0 spiro atoms. The molecule has 0 radical (unpaired) electrons. The normalized spacial score (nSPS) is 11.8. The number of carbonyl (C=O) groups excluding carboxylic acids is 2. The highest BCUT2D eigenvalue weighted by molar-refractivity contribution is 6.05. The molecule has 0 unspecified atom stereocenters. The van der Waals surface area contributed by atoms with E-state index in [1.54, 1.807) is 19.1 Å². The summed E-state index contributed by atoms with van der Waals surface area (Å²) in [5.74, 6) is -0.686. The Morgan fingerprint density at radius 1 is 1.38 bits per heavy atom. The van der Waals surface area contributed by atoms with Gasteiger partial charge in [0.15, 0.2) is 0 Å². The fraction of sp³-hybridized carbons (Fsp3) is 0.400. The summed E-state index contributed by atoms with van der Waals surface area (Å²) in [4.78, 5) is 21.8. The minimum Gasteiger partial charge on any atom is -0.293 e. The molecule has 0 aromatic rings. The Bertz CT molecular complexity index is 252. The Labute approximate surface area is 78.5 Å². The van der Waals surface area contributed by atoms with Gasteiger partial charge in [-0.3, -0.25) is 14.9 Å². The Balaban J connectivity index is 4.34.